The molecule has 1 aliphatic heterocycles. The molecule has 0 radical (unpaired) electrons. The Hall–Kier alpha value is -1.53. The van der Waals surface area contributed by atoms with Gasteiger partial charge in [-0.3, -0.25) is 4.79 Å². The van der Waals surface area contributed by atoms with Crippen LogP contribution in [0.2, 0.25) is 0 Å². The fraction of sp³-hybridized carbons (Fsp3) is 0.364. The molecule has 3 N–H and O–H groups in total. The molecule has 1 fully saturated rings. The summed E-state index contributed by atoms with van der Waals surface area (Å²) in [5.41, 5.74) is 5.87. The van der Waals surface area contributed by atoms with Crippen molar-refractivity contribution in [3.8, 4) is 0 Å². The quantitative estimate of drug-likeness (QED) is 0.809. The summed E-state index contributed by atoms with van der Waals surface area (Å²) in [4.78, 5) is 11.7. The lowest BCUT2D eigenvalue weighted by molar-refractivity contribution is -0.120. The molecule has 1 aliphatic rings. The molecule has 0 bridgehead atoms. The van der Waals surface area contributed by atoms with E-state index in [9.17, 15) is 13.6 Å². The Kier molecular flexibility index (Phi) is 3.35. The first-order chi connectivity index (χ1) is 8.08. The van der Waals surface area contributed by atoms with Crippen molar-refractivity contribution in [1.82, 2.24) is 0 Å². The number of carbonyl (C=O) groups excluding carboxylic acids is 1. The van der Waals surface area contributed by atoms with Gasteiger partial charge in [0, 0.05) is 17.8 Å². The highest BCUT2D eigenvalue weighted by molar-refractivity contribution is 5.93. The van der Waals surface area contributed by atoms with Crippen molar-refractivity contribution < 1.29 is 18.3 Å². The first kappa shape index (κ1) is 11.9. The molecule has 2 unspecified atom stereocenters. The van der Waals surface area contributed by atoms with Gasteiger partial charge >= 0.3 is 0 Å². The van der Waals surface area contributed by atoms with Crippen molar-refractivity contribution in [2.75, 3.05) is 18.5 Å². The highest BCUT2D eigenvalue weighted by Gasteiger charge is 2.31. The lowest BCUT2D eigenvalue weighted by Gasteiger charge is -2.13. The molecular formula is C11H12F2N2O2. The van der Waals surface area contributed by atoms with E-state index in [0.717, 1.165) is 12.1 Å². The van der Waals surface area contributed by atoms with Crippen LogP contribution in [0.1, 0.15) is 0 Å². The van der Waals surface area contributed by atoms with Gasteiger partial charge in [0.1, 0.15) is 0 Å². The molecular weight excluding hydrogens is 230 g/mol. The van der Waals surface area contributed by atoms with Crippen LogP contribution in [0.5, 0.6) is 0 Å². The van der Waals surface area contributed by atoms with E-state index in [2.05, 4.69) is 5.32 Å². The fourth-order valence-electron chi connectivity index (χ4n) is 1.65. The molecule has 1 saturated heterocycles. The van der Waals surface area contributed by atoms with Gasteiger partial charge in [-0.25, -0.2) is 8.78 Å². The standard InChI is InChI=1S/C11H12F2N2O2/c12-8-2-1-6(3-9(8)13)15-11(16)7-4-17-5-10(7)14/h1-3,7,10H,4-5,14H2,(H,15,16). The summed E-state index contributed by atoms with van der Waals surface area (Å²) in [6.07, 6.45) is 0. The highest BCUT2D eigenvalue weighted by Crippen LogP contribution is 2.17. The highest BCUT2D eigenvalue weighted by atomic mass is 19.2. The van der Waals surface area contributed by atoms with Gasteiger partial charge in [-0.05, 0) is 12.1 Å². The number of benzene rings is 1. The zero-order valence-corrected chi connectivity index (χ0v) is 8.95. The van der Waals surface area contributed by atoms with E-state index in [1.165, 1.54) is 6.07 Å². The van der Waals surface area contributed by atoms with Crippen molar-refractivity contribution in [3.63, 3.8) is 0 Å². The molecule has 1 aromatic carbocycles. The summed E-state index contributed by atoms with van der Waals surface area (Å²) in [7, 11) is 0. The van der Waals surface area contributed by atoms with E-state index in [-0.39, 0.29) is 24.2 Å². The largest absolute Gasteiger partial charge is 0.379 e. The van der Waals surface area contributed by atoms with Crippen molar-refractivity contribution in [2.45, 2.75) is 6.04 Å². The maximum absolute atomic E-state index is 12.9. The molecule has 0 spiro atoms. The topological polar surface area (TPSA) is 64.3 Å². The fourth-order valence-corrected chi connectivity index (χ4v) is 1.65. The SMILES string of the molecule is NC1COCC1C(=O)Nc1ccc(F)c(F)c1. The number of ether oxygens (including phenoxy) is 1. The number of nitrogens with two attached hydrogens (primary N) is 1. The number of hydrogen-bond acceptors (Lipinski definition) is 3. The van der Waals surface area contributed by atoms with Gasteiger partial charge in [-0.1, -0.05) is 0 Å². The number of anilines is 1. The summed E-state index contributed by atoms with van der Waals surface area (Å²) in [6.45, 7) is 0.576. The molecule has 17 heavy (non-hydrogen) atoms. The minimum atomic E-state index is -1.00. The number of amides is 1. The van der Waals surface area contributed by atoms with Gasteiger partial charge in [0.2, 0.25) is 5.91 Å². The molecule has 92 valence electrons. The number of carbonyl (C=O) groups is 1. The molecule has 0 aliphatic carbocycles. The minimum absolute atomic E-state index is 0.202. The van der Waals surface area contributed by atoms with Crippen LogP contribution in [-0.4, -0.2) is 25.2 Å². The molecule has 1 amide bonds. The summed E-state index contributed by atoms with van der Waals surface area (Å²) in [6, 6.07) is 2.81. The van der Waals surface area contributed by atoms with Gasteiger partial charge < -0.3 is 15.8 Å². The van der Waals surface area contributed by atoms with Crippen molar-refractivity contribution in [2.24, 2.45) is 11.7 Å². The van der Waals surface area contributed by atoms with E-state index in [1.54, 1.807) is 0 Å². The summed E-state index contributed by atoms with van der Waals surface area (Å²) in [5, 5.41) is 2.48. The molecule has 6 heteroatoms. The Morgan fingerprint density at radius 3 is 2.71 bits per heavy atom. The first-order valence-electron chi connectivity index (χ1n) is 5.17. The normalized spacial score (nSPS) is 23.7. The Morgan fingerprint density at radius 1 is 1.35 bits per heavy atom. The Labute approximate surface area is 96.7 Å². The summed E-state index contributed by atoms with van der Waals surface area (Å²) < 4.78 is 30.6. The van der Waals surface area contributed by atoms with E-state index >= 15 is 0 Å². The van der Waals surface area contributed by atoms with Crippen LogP contribution >= 0.6 is 0 Å². The lowest BCUT2D eigenvalue weighted by Crippen LogP contribution is -2.37. The van der Waals surface area contributed by atoms with Crippen LogP contribution in [0.4, 0.5) is 14.5 Å². The Balaban J connectivity index is 2.05. The maximum Gasteiger partial charge on any atom is 0.231 e. The number of hydrogen-bond donors (Lipinski definition) is 2. The van der Waals surface area contributed by atoms with Gasteiger partial charge in [0.25, 0.3) is 0 Å². The molecule has 0 aromatic heterocycles. The Morgan fingerprint density at radius 2 is 2.12 bits per heavy atom. The van der Waals surface area contributed by atoms with Crippen molar-refractivity contribution in [1.29, 1.82) is 0 Å². The van der Waals surface area contributed by atoms with Crippen LogP contribution < -0.4 is 11.1 Å². The second kappa shape index (κ2) is 4.77. The molecule has 4 nitrogen and oxygen atoms in total. The van der Waals surface area contributed by atoms with E-state index in [4.69, 9.17) is 10.5 Å². The second-order valence-electron chi connectivity index (χ2n) is 3.93. The van der Waals surface area contributed by atoms with Gasteiger partial charge in [-0.15, -0.1) is 0 Å². The maximum atomic E-state index is 12.9. The number of nitrogens with one attached hydrogen (secondary N) is 1. The Bertz CT molecular complexity index is 439. The minimum Gasteiger partial charge on any atom is -0.379 e. The predicted molar refractivity (Wildman–Crippen MR) is 57.3 cm³/mol. The third-order valence-electron chi connectivity index (χ3n) is 2.65. The van der Waals surface area contributed by atoms with Crippen LogP contribution in [0.3, 0.4) is 0 Å². The molecule has 2 atom stereocenters. The molecule has 1 heterocycles. The average molecular weight is 242 g/mol. The zero-order chi connectivity index (χ0) is 12.4. The van der Waals surface area contributed by atoms with Crippen LogP contribution in [0, 0.1) is 17.6 Å². The third-order valence-corrected chi connectivity index (χ3v) is 2.65. The van der Waals surface area contributed by atoms with Crippen molar-refractivity contribution >= 4 is 11.6 Å². The number of halogens is 2. The molecule has 1 aromatic rings. The summed E-state index contributed by atoms with van der Waals surface area (Å²) in [5.74, 6) is -2.76. The monoisotopic (exact) mass is 242 g/mol. The van der Waals surface area contributed by atoms with E-state index < -0.39 is 17.6 Å². The predicted octanol–water partition coefficient (Wildman–Crippen LogP) is 0.877. The van der Waals surface area contributed by atoms with Crippen LogP contribution in [0.15, 0.2) is 18.2 Å². The third kappa shape index (κ3) is 2.59. The van der Waals surface area contributed by atoms with E-state index in [1.807, 2.05) is 0 Å². The average Bonchev–Trinajstić information content (AvgIpc) is 2.70. The number of rotatable bonds is 2. The smallest absolute Gasteiger partial charge is 0.231 e. The molecule has 2 rings (SSSR count). The van der Waals surface area contributed by atoms with Crippen molar-refractivity contribution in [3.05, 3.63) is 29.8 Å². The second-order valence-corrected chi connectivity index (χ2v) is 3.93. The lowest BCUT2D eigenvalue weighted by atomic mass is 10.0. The van der Waals surface area contributed by atoms with Gasteiger partial charge in [0.15, 0.2) is 11.6 Å². The van der Waals surface area contributed by atoms with Gasteiger partial charge in [0.05, 0.1) is 19.1 Å². The summed E-state index contributed by atoms with van der Waals surface area (Å²) >= 11 is 0. The van der Waals surface area contributed by atoms with Crippen LogP contribution in [-0.2, 0) is 9.53 Å². The van der Waals surface area contributed by atoms with Gasteiger partial charge in [-0.2, -0.15) is 0 Å². The first-order valence-corrected chi connectivity index (χ1v) is 5.17. The zero-order valence-electron chi connectivity index (χ0n) is 8.95. The van der Waals surface area contributed by atoms with Crippen LogP contribution in [0.25, 0.3) is 0 Å². The van der Waals surface area contributed by atoms with E-state index in [0.29, 0.717) is 6.61 Å². The molecule has 0 saturated carbocycles.